The summed E-state index contributed by atoms with van der Waals surface area (Å²) in [5.74, 6) is -1.05. The van der Waals surface area contributed by atoms with Gasteiger partial charge in [-0.2, -0.15) is 0 Å². The number of carbonyl (C=O) groups is 2. The van der Waals surface area contributed by atoms with E-state index in [1.807, 2.05) is 0 Å². The number of hydrogen-bond donors (Lipinski definition) is 3. The Morgan fingerprint density at radius 3 is 2.55 bits per heavy atom. The van der Waals surface area contributed by atoms with E-state index in [0.717, 1.165) is 19.3 Å². The van der Waals surface area contributed by atoms with Crippen molar-refractivity contribution in [3.63, 3.8) is 0 Å². The largest absolute Gasteiger partial charge is 0.480 e. The van der Waals surface area contributed by atoms with Crippen LogP contribution in [-0.4, -0.2) is 52.3 Å². The Labute approximate surface area is 119 Å². The SMILES string of the molecule is CCC1(CNC(=O)N2C[C@@H](O)C[C@H]2C(=O)O)CCCC1. The Hall–Kier alpha value is -1.30. The molecule has 1 saturated carbocycles. The molecular weight excluding hydrogens is 260 g/mol. The highest BCUT2D eigenvalue weighted by Gasteiger charge is 2.40. The summed E-state index contributed by atoms with van der Waals surface area (Å²) in [5, 5.41) is 21.5. The first-order valence-electron chi connectivity index (χ1n) is 7.43. The number of aliphatic hydroxyl groups is 1. The Balaban J connectivity index is 1.92. The van der Waals surface area contributed by atoms with Crippen molar-refractivity contribution in [2.45, 2.75) is 57.6 Å². The Morgan fingerprint density at radius 2 is 2.00 bits per heavy atom. The molecule has 0 spiro atoms. The number of nitrogens with zero attached hydrogens (tertiary/aromatic N) is 1. The second-order valence-electron chi connectivity index (χ2n) is 6.12. The Morgan fingerprint density at radius 1 is 1.35 bits per heavy atom. The molecule has 0 aromatic rings. The summed E-state index contributed by atoms with van der Waals surface area (Å²) in [7, 11) is 0. The van der Waals surface area contributed by atoms with Crippen LogP contribution in [0, 0.1) is 5.41 Å². The second kappa shape index (κ2) is 5.99. The van der Waals surface area contributed by atoms with Gasteiger partial charge in [0, 0.05) is 19.5 Å². The predicted molar refractivity (Wildman–Crippen MR) is 73.3 cm³/mol. The van der Waals surface area contributed by atoms with Crippen LogP contribution in [0.2, 0.25) is 0 Å². The van der Waals surface area contributed by atoms with E-state index < -0.39 is 18.1 Å². The normalized spacial score (nSPS) is 28.6. The first kappa shape index (κ1) is 15.1. The van der Waals surface area contributed by atoms with E-state index in [2.05, 4.69) is 12.2 Å². The number of hydrogen-bond acceptors (Lipinski definition) is 3. The molecule has 0 aromatic carbocycles. The monoisotopic (exact) mass is 284 g/mol. The van der Waals surface area contributed by atoms with Gasteiger partial charge in [-0.3, -0.25) is 0 Å². The standard InChI is InChI=1S/C14H24N2O4/c1-2-14(5-3-4-6-14)9-15-13(20)16-8-10(17)7-11(16)12(18)19/h10-11,17H,2-9H2,1H3,(H,15,20)(H,18,19)/t10-,11-/m0/s1. The maximum absolute atomic E-state index is 12.2. The summed E-state index contributed by atoms with van der Waals surface area (Å²) in [6.45, 7) is 2.83. The number of amides is 2. The van der Waals surface area contributed by atoms with Crippen molar-refractivity contribution < 1.29 is 19.8 Å². The molecule has 1 aliphatic heterocycles. The van der Waals surface area contributed by atoms with Gasteiger partial charge >= 0.3 is 12.0 Å². The lowest BCUT2D eigenvalue weighted by Crippen LogP contribution is -2.48. The molecule has 1 aliphatic carbocycles. The highest BCUT2D eigenvalue weighted by atomic mass is 16.4. The van der Waals surface area contributed by atoms with Gasteiger partial charge in [0.25, 0.3) is 0 Å². The van der Waals surface area contributed by atoms with Gasteiger partial charge in [-0.25, -0.2) is 9.59 Å². The molecule has 0 bridgehead atoms. The highest BCUT2D eigenvalue weighted by molar-refractivity contribution is 5.83. The molecule has 2 rings (SSSR count). The molecule has 0 aromatic heterocycles. The maximum atomic E-state index is 12.2. The van der Waals surface area contributed by atoms with Crippen LogP contribution in [0.5, 0.6) is 0 Å². The van der Waals surface area contributed by atoms with Gasteiger partial charge in [0.05, 0.1) is 6.10 Å². The zero-order valence-corrected chi connectivity index (χ0v) is 12.0. The van der Waals surface area contributed by atoms with E-state index in [-0.39, 0.29) is 24.4 Å². The smallest absolute Gasteiger partial charge is 0.326 e. The van der Waals surface area contributed by atoms with Gasteiger partial charge in [-0.1, -0.05) is 19.8 Å². The Kier molecular flexibility index (Phi) is 4.52. The molecule has 2 aliphatic rings. The third-order valence-electron chi connectivity index (χ3n) is 4.85. The number of carbonyl (C=O) groups excluding carboxylic acids is 1. The topological polar surface area (TPSA) is 89.9 Å². The zero-order chi connectivity index (χ0) is 14.8. The van der Waals surface area contributed by atoms with Gasteiger partial charge in [0.1, 0.15) is 6.04 Å². The van der Waals surface area contributed by atoms with Crippen molar-refractivity contribution >= 4 is 12.0 Å². The molecule has 0 radical (unpaired) electrons. The molecule has 20 heavy (non-hydrogen) atoms. The van der Waals surface area contributed by atoms with Gasteiger partial charge < -0.3 is 20.4 Å². The summed E-state index contributed by atoms with van der Waals surface area (Å²) < 4.78 is 0. The van der Waals surface area contributed by atoms with Gasteiger partial charge in [0.2, 0.25) is 0 Å². The first-order valence-corrected chi connectivity index (χ1v) is 7.43. The van der Waals surface area contributed by atoms with E-state index in [1.165, 1.54) is 17.7 Å². The van der Waals surface area contributed by atoms with Crippen LogP contribution in [0.4, 0.5) is 4.79 Å². The van der Waals surface area contributed by atoms with Crippen LogP contribution in [0.1, 0.15) is 45.4 Å². The van der Waals surface area contributed by atoms with Crippen molar-refractivity contribution in [3.8, 4) is 0 Å². The van der Waals surface area contributed by atoms with Crippen LogP contribution in [0.15, 0.2) is 0 Å². The lowest BCUT2D eigenvalue weighted by atomic mass is 9.83. The zero-order valence-electron chi connectivity index (χ0n) is 12.0. The third kappa shape index (κ3) is 3.06. The summed E-state index contributed by atoms with van der Waals surface area (Å²) in [5.41, 5.74) is 0.173. The number of rotatable bonds is 4. The van der Waals surface area contributed by atoms with E-state index >= 15 is 0 Å². The average molecular weight is 284 g/mol. The molecule has 2 amide bonds. The first-order chi connectivity index (χ1) is 9.47. The summed E-state index contributed by atoms with van der Waals surface area (Å²) in [6, 6.07) is -1.28. The van der Waals surface area contributed by atoms with Gasteiger partial charge in [0.15, 0.2) is 0 Å². The van der Waals surface area contributed by atoms with Crippen LogP contribution < -0.4 is 5.32 Å². The van der Waals surface area contributed by atoms with Crippen LogP contribution in [-0.2, 0) is 4.79 Å². The minimum atomic E-state index is -1.05. The number of aliphatic hydroxyl groups excluding tert-OH is 1. The number of nitrogens with one attached hydrogen (secondary N) is 1. The Bertz CT molecular complexity index is 379. The lowest BCUT2D eigenvalue weighted by Gasteiger charge is -2.30. The van der Waals surface area contributed by atoms with Crippen molar-refractivity contribution in [1.82, 2.24) is 10.2 Å². The number of carboxylic acid groups (broad SMARTS) is 1. The van der Waals surface area contributed by atoms with Gasteiger partial charge in [-0.15, -0.1) is 0 Å². The summed E-state index contributed by atoms with van der Waals surface area (Å²) in [6.07, 6.45) is 5.03. The fraction of sp³-hybridized carbons (Fsp3) is 0.857. The van der Waals surface area contributed by atoms with Gasteiger partial charge in [-0.05, 0) is 24.7 Å². The molecule has 1 saturated heterocycles. The third-order valence-corrected chi connectivity index (χ3v) is 4.85. The van der Waals surface area contributed by atoms with E-state index in [9.17, 15) is 14.7 Å². The quantitative estimate of drug-likeness (QED) is 0.723. The van der Waals surface area contributed by atoms with E-state index in [0.29, 0.717) is 6.54 Å². The van der Waals surface area contributed by atoms with Crippen molar-refractivity contribution in [3.05, 3.63) is 0 Å². The second-order valence-corrected chi connectivity index (χ2v) is 6.12. The van der Waals surface area contributed by atoms with Crippen LogP contribution in [0.25, 0.3) is 0 Å². The number of β-amino-alcohol motifs (C(OH)–C–C–N with tert-alkyl or cyclic N) is 1. The number of aliphatic carboxylic acids is 1. The number of likely N-dealkylation sites (tertiary alicyclic amines) is 1. The molecule has 0 unspecified atom stereocenters. The average Bonchev–Trinajstić information content (AvgIpc) is 3.03. The fourth-order valence-corrected chi connectivity index (χ4v) is 3.42. The molecule has 6 heteroatoms. The fourth-order valence-electron chi connectivity index (χ4n) is 3.42. The van der Waals surface area contributed by atoms with Crippen molar-refractivity contribution in [2.24, 2.45) is 5.41 Å². The van der Waals surface area contributed by atoms with E-state index in [1.54, 1.807) is 0 Å². The molecule has 114 valence electrons. The van der Waals surface area contributed by atoms with Crippen LogP contribution in [0.3, 0.4) is 0 Å². The minimum absolute atomic E-state index is 0.0991. The number of carboxylic acids is 1. The van der Waals surface area contributed by atoms with E-state index in [4.69, 9.17) is 5.11 Å². The molecule has 3 N–H and O–H groups in total. The van der Waals surface area contributed by atoms with Crippen molar-refractivity contribution in [2.75, 3.05) is 13.1 Å². The van der Waals surface area contributed by atoms with Crippen LogP contribution >= 0.6 is 0 Å². The number of urea groups is 1. The molecule has 6 nitrogen and oxygen atoms in total. The minimum Gasteiger partial charge on any atom is -0.480 e. The summed E-state index contributed by atoms with van der Waals surface area (Å²) in [4.78, 5) is 24.5. The molecule has 2 fully saturated rings. The van der Waals surface area contributed by atoms with Crippen molar-refractivity contribution in [1.29, 1.82) is 0 Å². The molecule has 1 heterocycles. The highest BCUT2D eigenvalue weighted by Crippen LogP contribution is 2.40. The molecular formula is C14H24N2O4. The molecule has 2 atom stereocenters. The summed E-state index contributed by atoms with van der Waals surface area (Å²) >= 11 is 0. The maximum Gasteiger partial charge on any atom is 0.326 e. The predicted octanol–water partition coefficient (Wildman–Crippen LogP) is 1.19. The lowest BCUT2D eigenvalue weighted by molar-refractivity contribution is -0.141.